The maximum atomic E-state index is 10.2. The lowest BCUT2D eigenvalue weighted by molar-refractivity contribution is -0.129. The van der Waals surface area contributed by atoms with Crippen molar-refractivity contribution in [1.82, 2.24) is 0 Å². The van der Waals surface area contributed by atoms with Gasteiger partial charge >= 0.3 is 5.97 Å². The molecule has 0 heterocycles. The fourth-order valence-corrected chi connectivity index (χ4v) is 0.687. The van der Waals surface area contributed by atoms with Gasteiger partial charge < -0.3 is 5.11 Å². The van der Waals surface area contributed by atoms with Crippen LogP contribution in [0.2, 0.25) is 0 Å². The van der Waals surface area contributed by atoms with Crippen LogP contribution in [0.4, 0.5) is 0 Å². The van der Waals surface area contributed by atoms with Crippen molar-refractivity contribution in [2.45, 2.75) is 13.8 Å². The molecule has 0 amide bonds. The first-order chi connectivity index (χ1) is 5.57. The van der Waals surface area contributed by atoms with Crippen LogP contribution in [0.1, 0.15) is 13.8 Å². The van der Waals surface area contributed by atoms with Gasteiger partial charge in [-0.2, -0.15) is 0 Å². The average Bonchev–Trinajstić information content (AvgIpc) is 2.00. The number of hydrogen-bond donors (Lipinski definition) is 2. The van der Waals surface area contributed by atoms with Gasteiger partial charge in [-0.3, -0.25) is 5.41 Å². The zero-order valence-electron chi connectivity index (χ0n) is 7.24. The van der Waals surface area contributed by atoms with Gasteiger partial charge in [-0.1, -0.05) is 25.2 Å². The number of nitrogens with one attached hydrogen (secondary N) is 1. The first-order valence-corrected chi connectivity index (χ1v) is 3.70. The third kappa shape index (κ3) is 4.44. The zero-order chi connectivity index (χ0) is 9.56. The van der Waals surface area contributed by atoms with Gasteiger partial charge in [0.1, 0.15) is 5.71 Å². The molecule has 0 aromatic carbocycles. The summed E-state index contributed by atoms with van der Waals surface area (Å²) in [4.78, 5) is 10.2. The van der Waals surface area contributed by atoms with E-state index in [4.69, 9.17) is 10.5 Å². The summed E-state index contributed by atoms with van der Waals surface area (Å²) in [7, 11) is 0. The van der Waals surface area contributed by atoms with Crippen LogP contribution in [0, 0.1) is 11.3 Å². The van der Waals surface area contributed by atoms with Crippen molar-refractivity contribution in [1.29, 1.82) is 5.41 Å². The highest BCUT2D eigenvalue weighted by molar-refractivity contribution is 6.38. The van der Waals surface area contributed by atoms with Crippen molar-refractivity contribution in [3.63, 3.8) is 0 Å². The maximum absolute atomic E-state index is 10.2. The highest BCUT2D eigenvalue weighted by Gasteiger charge is 2.00. The van der Waals surface area contributed by atoms with Gasteiger partial charge in [0.2, 0.25) is 0 Å². The van der Waals surface area contributed by atoms with Crippen LogP contribution >= 0.6 is 0 Å². The summed E-state index contributed by atoms with van der Waals surface area (Å²) in [5.41, 5.74) is -0.383. The molecule has 66 valence electrons. The molecular formula is C9H13NO2. The van der Waals surface area contributed by atoms with Crippen molar-refractivity contribution in [3.05, 3.63) is 24.3 Å². The maximum Gasteiger partial charge on any atom is 0.353 e. The van der Waals surface area contributed by atoms with E-state index in [1.807, 2.05) is 26.0 Å². The second-order valence-electron chi connectivity index (χ2n) is 2.46. The number of allylic oxidation sites excluding steroid dienone is 3. The molecule has 3 heteroatoms. The quantitative estimate of drug-likeness (QED) is 0.496. The number of rotatable bonds is 4. The lowest BCUT2D eigenvalue weighted by atomic mass is 10.1. The van der Waals surface area contributed by atoms with Crippen LogP contribution in [0.5, 0.6) is 0 Å². The third-order valence-corrected chi connectivity index (χ3v) is 1.29. The summed E-state index contributed by atoms with van der Waals surface area (Å²) in [6.45, 7) is 3.82. The van der Waals surface area contributed by atoms with E-state index in [1.165, 1.54) is 6.08 Å². The number of carboxylic acids is 1. The smallest absolute Gasteiger partial charge is 0.353 e. The molecule has 1 unspecified atom stereocenters. The Morgan fingerprint density at radius 1 is 1.50 bits per heavy atom. The fourth-order valence-electron chi connectivity index (χ4n) is 0.687. The number of hydrogen-bond acceptors (Lipinski definition) is 2. The number of aliphatic carboxylic acids is 1. The van der Waals surface area contributed by atoms with E-state index in [-0.39, 0.29) is 11.6 Å². The molecule has 0 spiro atoms. The molecule has 0 saturated carbocycles. The largest absolute Gasteiger partial charge is 0.477 e. The van der Waals surface area contributed by atoms with Crippen LogP contribution in [0.3, 0.4) is 0 Å². The highest BCUT2D eigenvalue weighted by Crippen LogP contribution is 1.98. The summed E-state index contributed by atoms with van der Waals surface area (Å²) >= 11 is 0. The second-order valence-corrected chi connectivity index (χ2v) is 2.46. The minimum atomic E-state index is -1.20. The molecule has 0 radical (unpaired) electrons. The van der Waals surface area contributed by atoms with Crippen molar-refractivity contribution < 1.29 is 9.90 Å². The Bertz CT molecular complexity index is 229. The van der Waals surface area contributed by atoms with Gasteiger partial charge in [0.05, 0.1) is 0 Å². The van der Waals surface area contributed by atoms with Crippen LogP contribution in [0.15, 0.2) is 24.3 Å². The van der Waals surface area contributed by atoms with Crippen molar-refractivity contribution in [2.24, 2.45) is 5.92 Å². The summed E-state index contributed by atoms with van der Waals surface area (Å²) in [6.07, 6.45) is 6.79. The molecule has 3 nitrogen and oxygen atoms in total. The summed E-state index contributed by atoms with van der Waals surface area (Å²) in [5, 5.41) is 15.3. The van der Waals surface area contributed by atoms with Crippen LogP contribution in [-0.2, 0) is 4.79 Å². The number of carboxylic acid groups (broad SMARTS) is 1. The first-order valence-electron chi connectivity index (χ1n) is 3.70. The van der Waals surface area contributed by atoms with Gasteiger partial charge in [-0.05, 0) is 18.9 Å². The SMILES string of the molecule is C/C=C\C(C)/C=C\C(=N)C(=O)O. The average molecular weight is 167 g/mol. The minimum Gasteiger partial charge on any atom is -0.477 e. The van der Waals surface area contributed by atoms with Gasteiger partial charge in [0, 0.05) is 0 Å². The van der Waals surface area contributed by atoms with Crippen molar-refractivity contribution >= 4 is 11.7 Å². The molecule has 0 bridgehead atoms. The predicted octanol–water partition coefficient (Wildman–Crippen LogP) is 1.86. The van der Waals surface area contributed by atoms with Crippen molar-refractivity contribution in [3.8, 4) is 0 Å². The van der Waals surface area contributed by atoms with E-state index in [1.54, 1.807) is 6.08 Å². The van der Waals surface area contributed by atoms with Gasteiger partial charge in [0.25, 0.3) is 0 Å². The Balaban J connectivity index is 4.06. The molecule has 0 aromatic rings. The highest BCUT2D eigenvalue weighted by atomic mass is 16.4. The Labute approximate surface area is 71.9 Å². The Morgan fingerprint density at radius 3 is 2.50 bits per heavy atom. The van der Waals surface area contributed by atoms with Crippen LogP contribution < -0.4 is 0 Å². The van der Waals surface area contributed by atoms with E-state index >= 15 is 0 Å². The van der Waals surface area contributed by atoms with Gasteiger partial charge in [-0.25, -0.2) is 4.79 Å². The monoisotopic (exact) mass is 167 g/mol. The molecule has 12 heavy (non-hydrogen) atoms. The van der Waals surface area contributed by atoms with Crippen LogP contribution in [0.25, 0.3) is 0 Å². The lowest BCUT2D eigenvalue weighted by Crippen LogP contribution is -2.07. The molecule has 0 aromatic heterocycles. The number of carbonyl (C=O) groups is 1. The Morgan fingerprint density at radius 2 is 2.08 bits per heavy atom. The van der Waals surface area contributed by atoms with Gasteiger partial charge in [0.15, 0.2) is 0 Å². The molecular weight excluding hydrogens is 154 g/mol. The molecule has 0 aliphatic heterocycles. The topological polar surface area (TPSA) is 61.2 Å². The van der Waals surface area contributed by atoms with E-state index in [9.17, 15) is 4.79 Å². The van der Waals surface area contributed by atoms with E-state index < -0.39 is 5.97 Å². The first kappa shape index (κ1) is 10.6. The summed E-state index contributed by atoms with van der Waals surface area (Å²) < 4.78 is 0. The van der Waals surface area contributed by atoms with E-state index in [0.717, 1.165) is 0 Å². The molecule has 2 N–H and O–H groups in total. The predicted molar refractivity (Wildman–Crippen MR) is 48.5 cm³/mol. The lowest BCUT2D eigenvalue weighted by Gasteiger charge is -1.95. The summed E-state index contributed by atoms with van der Waals surface area (Å²) in [5.74, 6) is -1.02. The molecule has 0 saturated heterocycles. The standard InChI is InChI=1S/C9H13NO2/c1-3-4-7(2)5-6-8(10)9(11)12/h3-7,10H,1-2H3,(H,11,12)/b4-3-,6-5-,10-8?. The molecule has 0 rings (SSSR count). The Hall–Kier alpha value is -1.38. The molecule has 0 fully saturated rings. The van der Waals surface area contributed by atoms with Crippen LogP contribution in [-0.4, -0.2) is 16.8 Å². The normalized spacial score (nSPS) is 13.8. The third-order valence-electron chi connectivity index (χ3n) is 1.29. The summed E-state index contributed by atoms with van der Waals surface area (Å²) in [6, 6.07) is 0. The molecule has 1 atom stereocenters. The molecule has 0 aliphatic rings. The molecule has 0 aliphatic carbocycles. The zero-order valence-corrected chi connectivity index (χ0v) is 7.24. The van der Waals surface area contributed by atoms with E-state index in [0.29, 0.717) is 0 Å². The Kier molecular flexibility index (Phi) is 4.69. The second kappa shape index (κ2) is 5.29. The van der Waals surface area contributed by atoms with Crippen molar-refractivity contribution in [2.75, 3.05) is 0 Å². The fraction of sp³-hybridized carbons (Fsp3) is 0.333. The van der Waals surface area contributed by atoms with E-state index in [2.05, 4.69) is 0 Å². The van der Waals surface area contributed by atoms with Gasteiger partial charge in [-0.15, -0.1) is 0 Å². The minimum absolute atomic E-state index is 0.176.